The van der Waals surface area contributed by atoms with Crippen LogP contribution in [0.25, 0.3) is 0 Å². The second-order valence-electron chi connectivity index (χ2n) is 2.99. The quantitative estimate of drug-likeness (QED) is 0.849. The lowest BCUT2D eigenvalue weighted by Gasteiger charge is -1.96. The summed E-state index contributed by atoms with van der Waals surface area (Å²) in [5.74, 6) is -0.635. The third-order valence-corrected chi connectivity index (χ3v) is 3.89. The molecule has 0 bridgehead atoms. The molecule has 14 heavy (non-hydrogen) atoms. The molecule has 0 aliphatic rings. The van der Waals surface area contributed by atoms with E-state index in [0.29, 0.717) is 0 Å². The standard InChI is InChI=1S/C8H9BrO3S2/c1-14(11,12)5-6(10)4-7-2-3-8(9)13-7/h2-3H,4-5H2,1H3. The van der Waals surface area contributed by atoms with Gasteiger partial charge in [-0.1, -0.05) is 0 Å². The molecule has 0 amide bonds. The molecule has 78 valence electrons. The lowest BCUT2D eigenvalue weighted by Crippen LogP contribution is -2.15. The number of rotatable bonds is 4. The Bertz CT molecular complexity index is 433. The molecule has 3 nitrogen and oxygen atoms in total. The lowest BCUT2D eigenvalue weighted by molar-refractivity contribution is -0.116. The fourth-order valence-electron chi connectivity index (χ4n) is 0.985. The fourth-order valence-corrected chi connectivity index (χ4v) is 3.18. The van der Waals surface area contributed by atoms with Crippen LogP contribution in [0.5, 0.6) is 0 Å². The van der Waals surface area contributed by atoms with Gasteiger partial charge < -0.3 is 0 Å². The summed E-state index contributed by atoms with van der Waals surface area (Å²) in [5, 5.41) is 0. The second-order valence-corrected chi connectivity index (χ2v) is 7.68. The van der Waals surface area contributed by atoms with Crippen LogP contribution < -0.4 is 0 Å². The topological polar surface area (TPSA) is 51.2 Å². The van der Waals surface area contributed by atoms with Gasteiger partial charge in [-0.15, -0.1) is 11.3 Å². The zero-order valence-electron chi connectivity index (χ0n) is 7.49. The van der Waals surface area contributed by atoms with Crippen molar-refractivity contribution in [3.8, 4) is 0 Å². The van der Waals surface area contributed by atoms with Gasteiger partial charge >= 0.3 is 0 Å². The highest BCUT2D eigenvalue weighted by molar-refractivity contribution is 9.11. The number of sulfone groups is 1. The van der Waals surface area contributed by atoms with Crippen molar-refractivity contribution in [3.63, 3.8) is 0 Å². The fraction of sp³-hybridized carbons (Fsp3) is 0.375. The van der Waals surface area contributed by atoms with Crippen LogP contribution in [0, 0.1) is 0 Å². The number of halogens is 1. The van der Waals surface area contributed by atoms with Gasteiger partial charge in [0.25, 0.3) is 0 Å². The smallest absolute Gasteiger partial charge is 0.154 e. The molecule has 1 heterocycles. The molecule has 0 aliphatic heterocycles. The number of ketones is 1. The molecule has 1 rings (SSSR count). The van der Waals surface area contributed by atoms with Gasteiger partial charge in [0.05, 0.1) is 3.79 Å². The molecule has 0 saturated carbocycles. The van der Waals surface area contributed by atoms with Crippen LogP contribution in [0.2, 0.25) is 0 Å². The van der Waals surface area contributed by atoms with Gasteiger partial charge in [0.1, 0.15) is 5.75 Å². The third-order valence-electron chi connectivity index (χ3n) is 1.42. The normalized spacial score (nSPS) is 11.6. The average molecular weight is 297 g/mol. The summed E-state index contributed by atoms with van der Waals surface area (Å²) in [4.78, 5) is 12.1. The van der Waals surface area contributed by atoms with E-state index in [9.17, 15) is 13.2 Å². The molecule has 1 aromatic rings. The average Bonchev–Trinajstić information content (AvgIpc) is 2.30. The maximum Gasteiger partial charge on any atom is 0.154 e. The summed E-state index contributed by atoms with van der Waals surface area (Å²) in [6.45, 7) is 0. The van der Waals surface area contributed by atoms with Crippen LogP contribution in [0.3, 0.4) is 0 Å². The van der Waals surface area contributed by atoms with Crippen molar-refractivity contribution in [2.75, 3.05) is 12.0 Å². The molecule has 0 unspecified atom stereocenters. The number of hydrogen-bond acceptors (Lipinski definition) is 4. The van der Waals surface area contributed by atoms with Crippen molar-refractivity contribution in [3.05, 3.63) is 20.8 Å². The van der Waals surface area contributed by atoms with Crippen molar-refractivity contribution in [2.45, 2.75) is 6.42 Å². The Kier molecular flexibility index (Phi) is 3.86. The summed E-state index contributed by atoms with van der Waals surface area (Å²) in [6, 6.07) is 3.66. The Morgan fingerprint density at radius 2 is 2.14 bits per heavy atom. The molecule has 0 aliphatic carbocycles. The van der Waals surface area contributed by atoms with E-state index in [2.05, 4.69) is 15.9 Å². The Morgan fingerprint density at radius 3 is 2.57 bits per heavy atom. The summed E-state index contributed by atoms with van der Waals surface area (Å²) in [5.41, 5.74) is 0. The summed E-state index contributed by atoms with van der Waals surface area (Å²) >= 11 is 4.72. The molecule has 1 aromatic heterocycles. The SMILES string of the molecule is CS(=O)(=O)CC(=O)Cc1ccc(Br)s1. The minimum Gasteiger partial charge on any atom is -0.298 e. The van der Waals surface area contributed by atoms with Crippen molar-refractivity contribution < 1.29 is 13.2 Å². The van der Waals surface area contributed by atoms with E-state index in [4.69, 9.17) is 0 Å². The maximum absolute atomic E-state index is 11.2. The molecule has 0 aromatic carbocycles. The van der Waals surface area contributed by atoms with Crippen LogP contribution in [0.15, 0.2) is 15.9 Å². The first kappa shape index (κ1) is 11.9. The van der Waals surface area contributed by atoms with Crippen LogP contribution in [-0.4, -0.2) is 26.2 Å². The second kappa shape index (κ2) is 4.55. The van der Waals surface area contributed by atoms with E-state index in [1.165, 1.54) is 11.3 Å². The van der Waals surface area contributed by atoms with Gasteiger partial charge in [-0.3, -0.25) is 4.79 Å². The first-order chi connectivity index (χ1) is 6.37. The van der Waals surface area contributed by atoms with Gasteiger partial charge in [0.2, 0.25) is 0 Å². The summed E-state index contributed by atoms with van der Waals surface area (Å²) < 4.78 is 22.6. The highest BCUT2D eigenvalue weighted by Crippen LogP contribution is 2.22. The molecule has 0 radical (unpaired) electrons. The minimum atomic E-state index is -3.19. The number of carbonyl (C=O) groups is 1. The van der Waals surface area contributed by atoms with Crippen LogP contribution in [-0.2, 0) is 21.1 Å². The van der Waals surface area contributed by atoms with Crippen molar-refractivity contribution >= 4 is 42.9 Å². The zero-order chi connectivity index (χ0) is 10.8. The highest BCUT2D eigenvalue weighted by Gasteiger charge is 2.12. The summed E-state index contributed by atoms with van der Waals surface area (Å²) in [6.07, 6.45) is 1.26. The molecule has 0 atom stereocenters. The first-order valence-electron chi connectivity index (χ1n) is 3.80. The Morgan fingerprint density at radius 1 is 1.50 bits per heavy atom. The maximum atomic E-state index is 11.2. The molecule has 0 saturated heterocycles. The van der Waals surface area contributed by atoms with Gasteiger partial charge in [-0.25, -0.2) is 8.42 Å². The van der Waals surface area contributed by atoms with E-state index < -0.39 is 9.84 Å². The zero-order valence-corrected chi connectivity index (χ0v) is 10.7. The number of carbonyl (C=O) groups excluding carboxylic acids is 1. The number of Topliss-reactive ketones (excluding diaryl/α,β-unsaturated/α-hetero) is 1. The lowest BCUT2D eigenvalue weighted by atomic mass is 10.3. The predicted octanol–water partition coefficient (Wildman–Crippen LogP) is 1.67. The van der Waals surface area contributed by atoms with E-state index >= 15 is 0 Å². The largest absolute Gasteiger partial charge is 0.298 e. The first-order valence-corrected chi connectivity index (χ1v) is 7.47. The highest BCUT2D eigenvalue weighted by atomic mass is 79.9. The van der Waals surface area contributed by atoms with Crippen molar-refractivity contribution in [1.29, 1.82) is 0 Å². The van der Waals surface area contributed by atoms with E-state index in [1.807, 2.05) is 12.1 Å². The van der Waals surface area contributed by atoms with Gasteiger partial charge in [0.15, 0.2) is 15.6 Å². The van der Waals surface area contributed by atoms with Crippen LogP contribution in [0.1, 0.15) is 4.88 Å². The molecule has 0 N–H and O–H groups in total. The van der Waals surface area contributed by atoms with Gasteiger partial charge in [-0.2, -0.15) is 0 Å². The molecule has 0 spiro atoms. The van der Waals surface area contributed by atoms with Crippen molar-refractivity contribution in [2.24, 2.45) is 0 Å². The Hall–Kier alpha value is -0.200. The number of hydrogen-bond donors (Lipinski definition) is 0. The Balaban J connectivity index is 2.58. The predicted molar refractivity (Wildman–Crippen MR) is 60.4 cm³/mol. The summed E-state index contributed by atoms with van der Waals surface area (Å²) in [7, 11) is -3.19. The van der Waals surface area contributed by atoms with E-state index in [0.717, 1.165) is 14.9 Å². The Labute approximate surface area is 95.2 Å². The van der Waals surface area contributed by atoms with E-state index in [-0.39, 0.29) is 18.0 Å². The van der Waals surface area contributed by atoms with Crippen LogP contribution >= 0.6 is 27.3 Å². The van der Waals surface area contributed by atoms with Crippen LogP contribution in [0.4, 0.5) is 0 Å². The third kappa shape index (κ3) is 4.34. The van der Waals surface area contributed by atoms with E-state index in [1.54, 1.807) is 0 Å². The number of thiophene rings is 1. The molecule has 0 fully saturated rings. The molecular weight excluding hydrogens is 288 g/mol. The molecule has 6 heteroatoms. The minimum absolute atomic E-state index is 0.198. The van der Waals surface area contributed by atoms with Crippen molar-refractivity contribution in [1.82, 2.24) is 0 Å². The molecular formula is C8H9BrO3S2. The van der Waals surface area contributed by atoms with Gasteiger partial charge in [0, 0.05) is 17.6 Å². The monoisotopic (exact) mass is 296 g/mol. The van der Waals surface area contributed by atoms with Gasteiger partial charge in [-0.05, 0) is 28.1 Å².